The van der Waals surface area contributed by atoms with Gasteiger partial charge in [0.15, 0.2) is 6.61 Å². The fraction of sp³-hybridized carbons (Fsp3) is 0.0400. The Morgan fingerprint density at radius 3 is 2.53 bits per heavy atom. The largest absolute Gasteiger partial charge is 0.483 e. The average molecular weight is 555 g/mol. The Labute approximate surface area is 224 Å². The smallest absolute Gasteiger partial charge is 0.335 e. The van der Waals surface area contributed by atoms with E-state index < -0.39 is 40.9 Å². The molecule has 2 N–H and O–H groups in total. The molecule has 1 heterocycles. The van der Waals surface area contributed by atoms with Crippen LogP contribution in [-0.2, 0) is 14.4 Å². The van der Waals surface area contributed by atoms with Crippen molar-refractivity contribution in [3.05, 3.63) is 98.0 Å². The molecular formula is C25H16Cl2N4O7. The van der Waals surface area contributed by atoms with Crippen LogP contribution in [0.3, 0.4) is 0 Å². The number of halogens is 2. The minimum Gasteiger partial charge on any atom is -0.483 e. The first-order chi connectivity index (χ1) is 18.1. The van der Waals surface area contributed by atoms with E-state index in [1.807, 2.05) is 5.32 Å². The van der Waals surface area contributed by atoms with Crippen LogP contribution in [0.5, 0.6) is 5.75 Å². The minimum absolute atomic E-state index is 0.0939. The number of non-ortho nitro benzene ring substituents is 1. The Morgan fingerprint density at radius 2 is 1.79 bits per heavy atom. The predicted octanol–water partition coefficient (Wildman–Crippen LogP) is 4.59. The number of barbiturate groups is 1. The van der Waals surface area contributed by atoms with Gasteiger partial charge < -0.3 is 10.1 Å². The summed E-state index contributed by atoms with van der Waals surface area (Å²) in [6.07, 6.45) is 1.20. The number of rotatable bonds is 7. The number of para-hydroxylation sites is 1. The molecule has 38 heavy (non-hydrogen) atoms. The Hall–Kier alpha value is -4.74. The molecule has 0 aliphatic carbocycles. The van der Waals surface area contributed by atoms with Gasteiger partial charge >= 0.3 is 6.03 Å². The highest BCUT2D eigenvalue weighted by Gasteiger charge is 2.37. The molecule has 0 saturated carbocycles. The fourth-order valence-corrected chi connectivity index (χ4v) is 3.74. The lowest BCUT2D eigenvalue weighted by Crippen LogP contribution is -2.54. The van der Waals surface area contributed by atoms with Crippen LogP contribution in [0.25, 0.3) is 6.08 Å². The Morgan fingerprint density at radius 1 is 1.03 bits per heavy atom. The average Bonchev–Trinajstić information content (AvgIpc) is 2.88. The Kier molecular flexibility index (Phi) is 7.70. The highest BCUT2D eigenvalue weighted by atomic mass is 35.5. The summed E-state index contributed by atoms with van der Waals surface area (Å²) in [5.41, 5.74) is -0.195. The molecule has 3 aromatic rings. The maximum Gasteiger partial charge on any atom is 0.335 e. The van der Waals surface area contributed by atoms with E-state index in [9.17, 15) is 29.3 Å². The summed E-state index contributed by atoms with van der Waals surface area (Å²) in [5, 5.41) is 16.4. The summed E-state index contributed by atoms with van der Waals surface area (Å²) in [7, 11) is 0. The Bertz CT molecular complexity index is 1520. The first kappa shape index (κ1) is 26.3. The molecule has 1 fully saturated rings. The number of benzene rings is 3. The summed E-state index contributed by atoms with van der Waals surface area (Å²) in [5.74, 6) is -2.30. The number of carbonyl (C=O) groups excluding carboxylic acids is 4. The van der Waals surface area contributed by atoms with E-state index in [2.05, 4.69) is 5.32 Å². The number of ether oxygens (including phenoxy) is 1. The molecule has 1 aliphatic rings. The summed E-state index contributed by atoms with van der Waals surface area (Å²) in [4.78, 5) is 61.5. The van der Waals surface area contributed by atoms with E-state index in [1.165, 1.54) is 48.5 Å². The molecule has 1 saturated heterocycles. The lowest BCUT2D eigenvalue weighted by molar-refractivity contribution is -0.384. The summed E-state index contributed by atoms with van der Waals surface area (Å²) in [6, 6.07) is 14.7. The van der Waals surface area contributed by atoms with E-state index in [4.69, 9.17) is 27.9 Å². The standard InChI is InChI=1S/C25H16Cl2N4O7/c26-19-9-8-15(11-20(19)27)28-22(32)13-38-21-7-2-1-4-14(21)10-18-23(33)29-25(35)30(24(18)34)16-5-3-6-17(12-16)31(36)37/h1-12H,13H2,(H,28,32)(H,29,33,35)/b18-10-. The molecule has 0 unspecified atom stereocenters. The van der Waals surface area contributed by atoms with Crippen molar-refractivity contribution < 1.29 is 28.8 Å². The predicted molar refractivity (Wildman–Crippen MR) is 139 cm³/mol. The number of hydrogen-bond acceptors (Lipinski definition) is 7. The van der Waals surface area contributed by atoms with Gasteiger partial charge in [0.1, 0.15) is 11.3 Å². The minimum atomic E-state index is -1.05. The van der Waals surface area contributed by atoms with Gasteiger partial charge in [0.05, 0.1) is 20.7 Å². The highest BCUT2D eigenvalue weighted by molar-refractivity contribution is 6.42. The lowest BCUT2D eigenvalue weighted by Gasteiger charge is -2.26. The highest BCUT2D eigenvalue weighted by Crippen LogP contribution is 2.28. The second-order valence-electron chi connectivity index (χ2n) is 7.74. The molecule has 0 radical (unpaired) electrons. The number of imide groups is 2. The number of nitrogens with zero attached hydrogens (tertiary/aromatic N) is 2. The topological polar surface area (TPSA) is 148 Å². The molecule has 11 nitrogen and oxygen atoms in total. The number of nitrogens with one attached hydrogen (secondary N) is 2. The van der Waals surface area contributed by atoms with E-state index in [0.29, 0.717) is 15.6 Å². The maximum atomic E-state index is 13.1. The molecule has 192 valence electrons. The van der Waals surface area contributed by atoms with Crippen LogP contribution in [0.4, 0.5) is 21.9 Å². The molecule has 5 amide bonds. The fourth-order valence-electron chi connectivity index (χ4n) is 3.44. The van der Waals surface area contributed by atoms with Crippen molar-refractivity contribution in [3.63, 3.8) is 0 Å². The second kappa shape index (κ2) is 11.1. The Balaban J connectivity index is 1.55. The van der Waals surface area contributed by atoms with E-state index in [0.717, 1.165) is 6.07 Å². The number of carbonyl (C=O) groups is 4. The second-order valence-corrected chi connectivity index (χ2v) is 8.55. The quantitative estimate of drug-likeness (QED) is 0.188. The maximum absolute atomic E-state index is 13.1. The number of amides is 5. The van der Waals surface area contributed by atoms with Crippen molar-refractivity contribution in [2.24, 2.45) is 0 Å². The van der Waals surface area contributed by atoms with Crippen LogP contribution in [0.2, 0.25) is 10.0 Å². The van der Waals surface area contributed by atoms with Gasteiger partial charge in [-0.05, 0) is 36.4 Å². The van der Waals surface area contributed by atoms with Gasteiger partial charge in [0, 0.05) is 23.4 Å². The van der Waals surface area contributed by atoms with Crippen molar-refractivity contribution in [1.82, 2.24) is 5.32 Å². The number of anilines is 2. The van der Waals surface area contributed by atoms with Crippen molar-refractivity contribution in [2.45, 2.75) is 0 Å². The van der Waals surface area contributed by atoms with Crippen molar-refractivity contribution in [1.29, 1.82) is 0 Å². The molecule has 0 atom stereocenters. The zero-order valence-electron chi connectivity index (χ0n) is 19.1. The van der Waals surface area contributed by atoms with Gasteiger partial charge in [-0.2, -0.15) is 0 Å². The number of urea groups is 1. The summed E-state index contributed by atoms with van der Waals surface area (Å²) >= 11 is 11.8. The first-order valence-corrected chi connectivity index (χ1v) is 11.5. The van der Waals surface area contributed by atoms with Gasteiger partial charge in [-0.15, -0.1) is 0 Å². The SMILES string of the molecule is O=C(COc1ccccc1/C=C1/C(=O)NC(=O)N(c2cccc([N+](=O)[O-])c2)C1=O)Nc1ccc(Cl)c(Cl)c1. The van der Waals surface area contributed by atoms with Gasteiger partial charge in [0.25, 0.3) is 23.4 Å². The van der Waals surface area contributed by atoms with Crippen LogP contribution in [0.15, 0.2) is 72.3 Å². The van der Waals surface area contributed by atoms with E-state index >= 15 is 0 Å². The molecule has 13 heteroatoms. The van der Waals surface area contributed by atoms with Gasteiger partial charge in [-0.1, -0.05) is 47.5 Å². The molecule has 0 spiro atoms. The summed E-state index contributed by atoms with van der Waals surface area (Å²) in [6.45, 7) is -0.418. The van der Waals surface area contributed by atoms with Crippen LogP contribution in [-0.4, -0.2) is 35.3 Å². The molecule has 0 aromatic heterocycles. The third-order valence-electron chi connectivity index (χ3n) is 5.18. The normalized spacial score (nSPS) is 14.3. The third-order valence-corrected chi connectivity index (χ3v) is 5.92. The van der Waals surface area contributed by atoms with Gasteiger partial charge in [-0.3, -0.25) is 29.8 Å². The zero-order valence-corrected chi connectivity index (χ0v) is 20.7. The number of hydrogen-bond donors (Lipinski definition) is 2. The zero-order chi connectivity index (χ0) is 27.4. The van der Waals surface area contributed by atoms with Gasteiger partial charge in [-0.25, -0.2) is 9.69 Å². The lowest BCUT2D eigenvalue weighted by atomic mass is 10.1. The third kappa shape index (κ3) is 5.80. The molecular weight excluding hydrogens is 539 g/mol. The number of nitro benzene ring substituents is 1. The molecule has 4 rings (SSSR count). The molecule has 3 aromatic carbocycles. The van der Waals surface area contributed by atoms with Crippen molar-refractivity contribution >= 4 is 70.1 Å². The van der Waals surface area contributed by atoms with Crippen LogP contribution in [0, 0.1) is 10.1 Å². The first-order valence-electron chi connectivity index (χ1n) is 10.8. The van der Waals surface area contributed by atoms with Gasteiger partial charge in [0.2, 0.25) is 0 Å². The monoisotopic (exact) mass is 554 g/mol. The van der Waals surface area contributed by atoms with Crippen molar-refractivity contribution in [2.75, 3.05) is 16.8 Å². The van der Waals surface area contributed by atoms with E-state index in [-0.39, 0.29) is 27.7 Å². The van der Waals surface area contributed by atoms with Crippen LogP contribution in [0.1, 0.15) is 5.56 Å². The van der Waals surface area contributed by atoms with Crippen LogP contribution < -0.4 is 20.3 Å². The molecule has 1 aliphatic heterocycles. The van der Waals surface area contributed by atoms with Crippen LogP contribution >= 0.6 is 23.2 Å². The molecule has 0 bridgehead atoms. The van der Waals surface area contributed by atoms with Crippen molar-refractivity contribution in [3.8, 4) is 5.75 Å². The van der Waals surface area contributed by atoms with E-state index in [1.54, 1.807) is 18.2 Å². The number of nitro groups is 1. The summed E-state index contributed by atoms with van der Waals surface area (Å²) < 4.78 is 5.60.